The van der Waals surface area contributed by atoms with Crippen LogP contribution in [0.25, 0.3) is 16.6 Å². The van der Waals surface area contributed by atoms with Gasteiger partial charge in [-0.15, -0.1) is 0 Å². The van der Waals surface area contributed by atoms with Crippen LogP contribution in [0.2, 0.25) is 0 Å². The summed E-state index contributed by atoms with van der Waals surface area (Å²) < 4.78 is 1.71. The first-order chi connectivity index (χ1) is 11.3. The molecule has 4 heteroatoms. The normalized spacial score (nSPS) is 13.6. The molecule has 0 saturated carbocycles. The molecular formula is C19H19N3O. The zero-order chi connectivity index (χ0) is 16.2. The lowest BCUT2D eigenvalue weighted by atomic mass is 10.1. The standard InChI is InChI=1S/C19H19N3O/c1-2-17-21-16-12-6-8-14(9-7-13-20)18(16)19(23)22(17)15-10-4-3-5-11-15/h4,6,8,10-12H,2-3,5,13,20H2,1H3. The van der Waals surface area contributed by atoms with Crippen molar-refractivity contribution in [2.75, 3.05) is 6.54 Å². The van der Waals surface area contributed by atoms with E-state index in [4.69, 9.17) is 5.73 Å². The summed E-state index contributed by atoms with van der Waals surface area (Å²) in [5.41, 5.74) is 7.66. The van der Waals surface area contributed by atoms with Crippen molar-refractivity contribution in [2.45, 2.75) is 26.2 Å². The number of allylic oxidation sites excluding steroid dienone is 4. The second kappa shape index (κ2) is 6.64. The van der Waals surface area contributed by atoms with Gasteiger partial charge in [0.2, 0.25) is 0 Å². The third kappa shape index (κ3) is 2.84. The number of rotatable bonds is 2. The van der Waals surface area contributed by atoms with Crippen LogP contribution in [-0.2, 0) is 6.42 Å². The van der Waals surface area contributed by atoms with E-state index in [1.54, 1.807) is 4.57 Å². The molecule has 0 aliphatic heterocycles. The minimum Gasteiger partial charge on any atom is -0.320 e. The third-order valence-corrected chi connectivity index (χ3v) is 3.84. The minimum absolute atomic E-state index is 0.0634. The average molecular weight is 305 g/mol. The second-order valence-electron chi connectivity index (χ2n) is 5.34. The lowest BCUT2D eigenvalue weighted by molar-refractivity contribution is 0.842. The molecular weight excluding hydrogens is 286 g/mol. The summed E-state index contributed by atoms with van der Waals surface area (Å²) in [7, 11) is 0. The van der Waals surface area contributed by atoms with Crippen LogP contribution in [0.4, 0.5) is 0 Å². The van der Waals surface area contributed by atoms with Gasteiger partial charge in [0, 0.05) is 17.7 Å². The van der Waals surface area contributed by atoms with Crippen molar-refractivity contribution in [1.82, 2.24) is 9.55 Å². The van der Waals surface area contributed by atoms with Gasteiger partial charge in [0.1, 0.15) is 5.82 Å². The largest absolute Gasteiger partial charge is 0.320 e. The first kappa shape index (κ1) is 15.3. The topological polar surface area (TPSA) is 60.9 Å². The molecule has 0 radical (unpaired) electrons. The number of hydrogen-bond acceptors (Lipinski definition) is 3. The fourth-order valence-electron chi connectivity index (χ4n) is 2.80. The summed E-state index contributed by atoms with van der Waals surface area (Å²) >= 11 is 0. The Hall–Kier alpha value is -2.64. The molecule has 2 aromatic rings. The lowest BCUT2D eigenvalue weighted by Gasteiger charge is -2.15. The number of fused-ring (bicyclic) bond motifs is 1. The van der Waals surface area contributed by atoms with Crippen LogP contribution in [-0.4, -0.2) is 16.1 Å². The molecule has 23 heavy (non-hydrogen) atoms. The SMILES string of the molecule is CCc1nc2cccc(C#CCN)c2c(=O)n1C1=CCCC=C1. The highest BCUT2D eigenvalue weighted by molar-refractivity contribution is 5.85. The molecule has 1 aromatic carbocycles. The number of aryl methyl sites for hydroxylation is 1. The average Bonchev–Trinajstić information content (AvgIpc) is 2.60. The zero-order valence-electron chi connectivity index (χ0n) is 13.2. The predicted molar refractivity (Wildman–Crippen MR) is 94.0 cm³/mol. The van der Waals surface area contributed by atoms with Crippen LogP contribution in [0.15, 0.2) is 41.2 Å². The summed E-state index contributed by atoms with van der Waals surface area (Å²) in [6.07, 6.45) is 8.80. The van der Waals surface area contributed by atoms with Gasteiger partial charge in [-0.2, -0.15) is 0 Å². The van der Waals surface area contributed by atoms with E-state index in [-0.39, 0.29) is 12.1 Å². The van der Waals surface area contributed by atoms with E-state index < -0.39 is 0 Å². The minimum atomic E-state index is -0.0634. The number of nitrogens with zero attached hydrogens (tertiary/aromatic N) is 2. The maximum Gasteiger partial charge on any atom is 0.267 e. The maximum atomic E-state index is 13.1. The zero-order valence-corrected chi connectivity index (χ0v) is 13.2. The molecule has 0 atom stereocenters. The van der Waals surface area contributed by atoms with Crippen molar-refractivity contribution in [1.29, 1.82) is 0 Å². The Labute approximate surface area is 135 Å². The van der Waals surface area contributed by atoms with Gasteiger partial charge in [0.25, 0.3) is 5.56 Å². The van der Waals surface area contributed by atoms with E-state index in [1.165, 1.54) is 0 Å². The summed E-state index contributed by atoms with van der Waals surface area (Å²) in [4.78, 5) is 17.8. The first-order valence-electron chi connectivity index (χ1n) is 7.87. The first-order valence-corrected chi connectivity index (χ1v) is 7.87. The van der Waals surface area contributed by atoms with E-state index in [9.17, 15) is 4.79 Å². The van der Waals surface area contributed by atoms with E-state index >= 15 is 0 Å². The van der Waals surface area contributed by atoms with Crippen molar-refractivity contribution < 1.29 is 0 Å². The predicted octanol–water partition coefficient (Wildman–Crippen LogP) is 2.46. The summed E-state index contributed by atoms with van der Waals surface area (Å²) in [6.45, 7) is 2.27. The molecule has 1 heterocycles. The Kier molecular flexibility index (Phi) is 4.40. The van der Waals surface area contributed by atoms with Gasteiger partial charge in [-0.1, -0.05) is 37.0 Å². The molecule has 0 unspecified atom stereocenters. The Morgan fingerprint density at radius 1 is 1.35 bits per heavy atom. The molecule has 0 spiro atoms. The Morgan fingerprint density at radius 2 is 2.22 bits per heavy atom. The fourth-order valence-corrected chi connectivity index (χ4v) is 2.80. The third-order valence-electron chi connectivity index (χ3n) is 3.84. The number of hydrogen-bond donors (Lipinski definition) is 1. The molecule has 0 bridgehead atoms. The molecule has 116 valence electrons. The molecule has 1 aromatic heterocycles. The molecule has 2 N–H and O–H groups in total. The van der Waals surface area contributed by atoms with Gasteiger partial charge < -0.3 is 5.73 Å². The smallest absolute Gasteiger partial charge is 0.267 e. The quantitative estimate of drug-likeness (QED) is 0.867. The molecule has 0 fully saturated rings. The van der Waals surface area contributed by atoms with Crippen LogP contribution < -0.4 is 11.3 Å². The highest BCUT2D eigenvalue weighted by atomic mass is 16.1. The van der Waals surface area contributed by atoms with Crippen LogP contribution in [0, 0.1) is 11.8 Å². The molecule has 4 nitrogen and oxygen atoms in total. The van der Waals surface area contributed by atoms with Gasteiger partial charge in [0.05, 0.1) is 17.4 Å². The Morgan fingerprint density at radius 3 is 2.91 bits per heavy atom. The van der Waals surface area contributed by atoms with E-state index in [2.05, 4.69) is 29.0 Å². The van der Waals surface area contributed by atoms with E-state index in [0.29, 0.717) is 22.9 Å². The van der Waals surface area contributed by atoms with Gasteiger partial charge in [0.15, 0.2) is 0 Å². The van der Waals surface area contributed by atoms with E-state index in [0.717, 1.165) is 24.4 Å². The Balaban J connectivity index is 2.35. The van der Waals surface area contributed by atoms with Crippen LogP contribution in [0.3, 0.4) is 0 Å². The summed E-state index contributed by atoms with van der Waals surface area (Å²) in [6, 6.07) is 5.58. The van der Waals surface area contributed by atoms with Gasteiger partial charge >= 0.3 is 0 Å². The lowest BCUT2D eigenvalue weighted by Crippen LogP contribution is -2.25. The maximum absolute atomic E-state index is 13.1. The van der Waals surface area contributed by atoms with Gasteiger partial charge in [-0.3, -0.25) is 9.36 Å². The van der Waals surface area contributed by atoms with Crippen molar-refractivity contribution >= 4 is 16.6 Å². The molecule has 1 aliphatic rings. The fraction of sp³-hybridized carbons (Fsp3) is 0.263. The van der Waals surface area contributed by atoms with Crippen molar-refractivity contribution in [3.8, 4) is 11.8 Å². The molecule has 0 amide bonds. The number of benzene rings is 1. The van der Waals surface area contributed by atoms with Crippen molar-refractivity contribution in [3.05, 3.63) is 58.2 Å². The van der Waals surface area contributed by atoms with E-state index in [1.807, 2.05) is 31.2 Å². The van der Waals surface area contributed by atoms with Crippen LogP contribution in [0.1, 0.15) is 31.2 Å². The number of aromatic nitrogens is 2. The second-order valence-corrected chi connectivity index (χ2v) is 5.34. The van der Waals surface area contributed by atoms with Crippen LogP contribution in [0.5, 0.6) is 0 Å². The number of nitrogens with two attached hydrogens (primary N) is 1. The monoisotopic (exact) mass is 305 g/mol. The van der Waals surface area contributed by atoms with Crippen LogP contribution >= 0.6 is 0 Å². The van der Waals surface area contributed by atoms with Gasteiger partial charge in [-0.25, -0.2) is 4.98 Å². The summed E-state index contributed by atoms with van der Waals surface area (Å²) in [5.74, 6) is 6.58. The highest BCUT2D eigenvalue weighted by Gasteiger charge is 2.14. The molecule has 1 aliphatic carbocycles. The Bertz CT molecular complexity index is 923. The summed E-state index contributed by atoms with van der Waals surface area (Å²) in [5, 5.41) is 0.561. The molecule has 3 rings (SSSR count). The van der Waals surface area contributed by atoms with Gasteiger partial charge in [-0.05, 0) is 31.1 Å². The molecule has 0 saturated heterocycles. The van der Waals surface area contributed by atoms with Crippen molar-refractivity contribution in [2.24, 2.45) is 5.73 Å². The highest BCUT2D eigenvalue weighted by Crippen LogP contribution is 2.19. The van der Waals surface area contributed by atoms with Crippen molar-refractivity contribution in [3.63, 3.8) is 0 Å².